The molecule has 8 nitrogen and oxygen atoms in total. The van der Waals surface area contributed by atoms with Crippen LogP contribution in [0.2, 0.25) is 0 Å². The van der Waals surface area contributed by atoms with Gasteiger partial charge in [0.25, 0.3) is 0 Å². The van der Waals surface area contributed by atoms with Crippen LogP contribution in [0.1, 0.15) is 25.0 Å². The molecule has 1 spiro atoms. The average Bonchev–Trinajstić information content (AvgIpc) is 3.01. The van der Waals surface area contributed by atoms with Gasteiger partial charge in [0.1, 0.15) is 5.69 Å². The van der Waals surface area contributed by atoms with E-state index in [0.29, 0.717) is 32.0 Å². The minimum Gasteiger partial charge on any atom is -0.355 e. The lowest BCUT2D eigenvalue weighted by Crippen LogP contribution is -2.51. The zero-order chi connectivity index (χ0) is 20.2. The van der Waals surface area contributed by atoms with E-state index < -0.39 is 11.9 Å². The number of amides is 1. The van der Waals surface area contributed by atoms with E-state index in [-0.39, 0.29) is 41.2 Å². The molecule has 162 valence electrons. The molecule has 0 aliphatic carbocycles. The number of aromatic nitrogens is 2. The van der Waals surface area contributed by atoms with E-state index >= 15 is 0 Å². The van der Waals surface area contributed by atoms with E-state index in [0.717, 1.165) is 38.2 Å². The molecule has 1 unspecified atom stereocenters. The normalized spacial score (nSPS) is 22.3. The third-order valence-electron chi connectivity index (χ3n) is 5.01. The number of guanidine groups is 1. The summed E-state index contributed by atoms with van der Waals surface area (Å²) in [4.78, 5) is 25.3. The number of aliphatic imine (C=N–C) groups is 1. The highest BCUT2D eigenvalue weighted by atomic mass is 127. The molecule has 0 saturated carbocycles. The number of nitrogens with zero attached hydrogens (tertiary/aromatic N) is 4. The van der Waals surface area contributed by atoms with Gasteiger partial charge >= 0.3 is 6.18 Å². The zero-order valence-corrected chi connectivity index (χ0v) is 18.4. The lowest BCUT2D eigenvalue weighted by atomic mass is 9.79. The quantitative estimate of drug-likeness (QED) is 0.239. The summed E-state index contributed by atoms with van der Waals surface area (Å²) in [6.07, 6.45) is -0.899. The Morgan fingerprint density at radius 2 is 2.21 bits per heavy atom. The summed E-state index contributed by atoms with van der Waals surface area (Å²) < 4.78 is 38.1. The Hall–Kier alpha value is -1.86. The van der Waals surface area contributed by atoms with Crippen LogP contribution >= 0.6 is 24.0 Å². The first kappa shape index (κ1) is 23.4. The standard InChI is InChI=1S/C17H24F3N7O.HI/c1-21-15(27-8-2-4-16(11-27)9-13(28)25-10-16)24-7-6-23-14-22-5-3-12(26-14)17(18,19)20;/h3,5H,2,4,6-11H2,1H3,(H,21,24)(H,25,28)(H,22,23,26);1H. The fourth-order valence-electron chi connectivity index (χ4n) is 3.71. The molecule has 2 saturated heterocycles. The number of alkyl halides is 3. The van der Waals surface area contributed by atoms with Gasteiger partial charge in [-0.2, -0.15) is 13.2 Å². The van der Waals surface area contributed by atoms with Crippen LogP contribution in [-0.2, 0) is 11.0 Å². The maximum absolute atomic E-state index is 12.7. The first-order valence-electron chi connectivity index (χ1n) is 9.18. The Morgan fingerprint density at radius 1 is 1.41 bits per heavy atom. The molecule has 1 aromatic rings. The molecular formula is C17H25F3IN7O. The lowest BCUT2D eigenvalue weighted by Gasteiger charge is -2.40. The van der Waals surface area contributed by atoms with Crippen molar-refractivity contribution in [3.63, 3.8) is 0 Å². The fourth-order valence-corrected chi connectivity index (χ4v) is 3.71. The molecule has 12 heteroatoms. The highest BCUT2D eigenvalue weighted by Crippen LogP contribution is 2.36. The van der Waals surface area contributed by atoms with Crippen molar-refractivity contribution in [1.29, 1.82) is 0 Å². The average molecular weight is 527 g/mol. The molecule has 1 aromatic heterocycles. The summed E-state index contributed by atoms with van der Waals surface area (Å²) in [5.41, 5.74) is -1.02. The molecule has 0 radical (unpaired) electrons. The topological polar surface area (TPSA) is 94.5 Å². The zero-order valence-electron chi connectivity index (χ0n) is 16.1. The van der Waals surface area contributed by atoms with Crippen molar-refractivity contribution in [2.75, 3.05) is 45.1 Å². The Kier molecular flexibility index (Phi) is 7.88. The van der Waals surface area contributed by atoms with Crippen molar-refractivity contribution in [3.05, 3.63) is 18.0 Å². The number of likely N-dealkylation sites (tertiary alicyclic amines) is 1. The van der Waals surface area contributed by atoms with Crippen LogP contribution in [0.4, 0.5) is 19.1 Å². The van der Waals surface area contributed by atoms with Crippen molar-refractivity contribution in [1.82, 2.24) is 25.5 Å². The second-order valence-electron chi connectivity index (χ2n) is 7.14. The molecule has 3 rings (SSSR count). The summed E-state index contributed by atoms with van der Waals surface area (Å²) in [5, 5.41) is 8.90. The maximum Gasteiger partial charge on any atom is 0.433 e. The molecule has 1 amide bonds. The first-order chi connectivity index (χ1) is 13.3. The van der Waals surface area contributed by atoms with Crippen molar-refractivity contribution in [2.24, 2.45) is 10.4 Å². The Labute approximate surface area is 184 Å². The molecule has 29 heavy (non-hydrogen) atoms. The molecule has 1 atom stereocenters. The number of nitrogens with one attached hydrogen (secondary N) is 3. The number of rotatable bonds is 4. The fraction of sp³-hybridized carbons (Fsp3) is 0.647. The van der Waals surface area contributed by atoms with Crippen molar-refractivity contribution in [3.8, 4) is 0 Å². The molecule has 3 heterocycles. The molecule has 2 aliphatic rings. The third-order valence-corrected chi connectivity index (χ3v) is 5.01. The van der Waals surface area contributed by atoms with Gasteiger partial charge in [0.15, 0.2) is 5.96 Å². The number of anilines is 1. The van der Waals surface area contributed by atoms with E-state index in [9.17, 15) is 18.0 Å². The molecule has 3 N–H and O–H groups in total. The maximum atomic E-state index is 12.7. The predicted molar refractivity (Wildman–Crippen MR) is 113 cm³/mol. The van der Waals surface area contributed by atoms with Gasteiger partial charge in [-0.3, -0.25) is 9.79 Å². The largest absolute Gasteiger partial charge is 0.433 e. The van der Waals surface area contributed by atoms with Gasteiger partial charge in [-0.1, -0.05) is 0 Å². The highest BCUT2D eigenvalue weighted by molar-refractivity contribution is 14.0. The number of carbonyl (C=O) groups is 1. The van der Waals surface area contributed by atoms with Gasteiger partial charge in [-0.15, -0.1) is 24.0 Å². The molecular weight excluding hydrogens is 502 g/mol. The monoisotopic (exact) mass is 527 g/mol. The Bertz CT molecular complexity index is 746. The van der Waals surface area contributed by atoms with Crippen LogP contribution in [0.15, 0.2) is 17.3 Å². The number of halogens is 4. The minimum absolute atomic E-state index is 0. The highest BCUT2D eigenvalue weighted by Gasteiger charge is 2.42. The number of carbonyl (C=O) groups excluding carboxylic acids is 1. The van der Waals surface area contributed by atoms with Crippen LogP contribution in [0.25, 0.3) is 0 Å². The first-order valence-corrected chi connectivity index (χ1v) is 9.18. The number of hydrogen-bond acceptors (Lipinski definition) is 5. The Morgan fingerprint density at radius 3 is 2.86 bits per heavy atom. The predicted octanol–water partition coefficient (Wildman–Crippen LogP) is 1.70. The van der Waals surface area contributed by atoms with Gasteiger partial charge in [-0.05, 0) is 18.9 Å². The SMILES string of the molecule is CN=C(NCCNc1nccc(C(F)(F)F)n1)N1CCCC2(CNC(=O)C2)C1.I. The van der Waals surface area contributed by atoms with E-state index in [2.05, 4.69) is 35.8 Å². The van der Waals surface area contributed by atoms with Gasteiger partial charge in [0, 0.05) is 57.8 Å². The van der Waals surface area contributed by atoms with E-state index in [1.165, 1.54) is 0 Å². The summed E-state index contributed by atoms with van der Waals surface area (Å²) >= 11 is 0. The van der Waals surface area contributed by atoms with Crippen molar-refractivity contribution < 1.29 is 18.0 Å². The summed E-state index contributed by atoms with van der Waals surface area (Å²) in [5.74, 6) is 0.736. The second-order valence-corrected chi connectivity index (χ2v) is 7.14. The van der Waals surface area contributed by atoms with Gasteiger partial charge in [0.2, 0.25) is 11.9 Å². The summed E-state index contributed by atoms with van der Waals surface area (Å²) in [6, 6.07) is 0.833. The third kappa shape index (κ3) is 6.06. The summed E-state index contributed by atoms with van der Waals surface area (Å²) in [6.45, 7) is 3.05. The molecule has 0 bridgehead atoms. The number of piperidine rings is 1. The lowest BCUT2D eigenvalue weighted by molar-refractivity contribution is -0.141. The minimum atomic E-state index is -4.50. The van der Waals surface area contributed by atoms with Gasteiger partial charge in [0.05, 0.1) is 0 Å². The molecule has 2 fully saturated rings. The van der Waals surface area contributed by atoms with Gasteiger partial charge < -0.3 is 20.9 Å². The molecule has 0 aromatic carbocycles. The van der Waals surface area contributed by atoms with Crippen LogP contribution < -0.4 is 16.0 Å². The Balaban J connectivity index is 0.00000300. The summed E-state index contributed by atoms with van der Waals surface area (Å²) in [7, 11) is 1.69. The van der Waals surface area contributed by atoms with E-state index in [4.69, 9.17) is 0 Å². The van der Waals surface area contributed by atoms with Crippen LogP contribution in [-0.4, -0.2) is 66.5 Å². The second kappa shape index (κ2) is 9.76. The smallest absolute Gasteiger partial charge is 0.355 e. The van der Waals surface area contributed by atoms with Crippen LogP contribution in [0.5, 0.6) is 0 Å². The number of hydrogen-bond donors (Lipinski definition) is 3. The van der Waals surface area contributed by atoms with Crippen LogP contribution in [0.3, 0.4) is 0 Å². The van der Waals surface area contributed by atoms with Crippen molar-refractivity contribution in [2.45, 2.75) is 25.4 Å². The van der Waals surface area contributed by atoms with Crippen LogP contribution in [0, 0.1) is 5.41 Å². The van der Waals surface area contributed by atoms with Crippen molar-refractivity contribution >= 4 is 41.8 Å². The molecule has 2 aliphatic heterocycles. The van der Waals surface area contributed by atoms with E-state index in [1.807, 2.05) is 0 Å². The van der Waals surface area contributed by atoms with E-state index in [1.54, 1.807) is 7.05 Å². The van der Waals surface area contributed by atoms with Gasteiger partial charge in [-0.25, -0.2) is 9.97 Å².